The van der Waals surface area contributed by atoms with Crippen LogP contribution in [0.25, 0.3) is 0 Å². The Bertz CT molecular complexity index is 570. The van der Waals surface area contributed by atoms with Gasteiger partial charge in [-0.05, 0) is 25.3 Å². The normalized spacial score (nSPS) is 11.3. The van der Waals surface area contributed by atoms with Gasteiger partial charge in [-0.1, -0.05) is 13.5 Å². The Balaban J connectivity index is 0.00000200. The summed E-state index contributed by atoms with van der Waals surface area (Å²) in [5.74, 6) is 1.07. The molecule has 1 atom stereocenters. The van der Waals surface area contributed by atoms with Crippen LogP contribution in [0.15, 0.2) is 17.5 Å². The fraction of sp³-hybridized carbons (Fsp3) is 0.385. The van der Waals surface area contributed by atoms with Gasteiger partial charge >= 0.3 is 0 Å². The third-order valence-electron chi connectivity index (χ3n) is 2.35. The lowest BCUT2D eigenvalue weighted by Crippen LogP contribution is -2.14. The molecule has 0 radical (unpaired) electrons. The summed E-state index contributed by atoms with van der Waals surface area (Å²) >= 11 is 1.67. The molecule has 0 aliphatic rings. The van der Waals surface area contributed by atoms with Crippen molar-refractivity contribution in [2.45, 2.75) is 34.2 Å². The first-order valence-electron chi connectivity index (χ1n) is 5.85. The van der Waals surface area contributed by atoms with E-state index in [2.05, 4.69) is 25.6 Å². The van der Waals surface area contributed by atoms with Crippen molar-refractivity contribution in [1.82, 2.24) is 15.0 Å². The molecule has 0 aromatic carbocycles. The molecule has 2 N–H and O–H groups in total. The van der Waals surface area contributed by atoms with Crippen LogP contribution in [-0.2, 0) is 4.79 Å². The molecule has 2 rings (SSSR count). The molecule has 20 heavy (non-hydrogen) atoms. The van der Waals surface area contributed by atoms with Crippen molar-refractivity contribution in [1.29, 1.82) is 0 Å². The second-order valence-electron chi connectivity index (χ2n) is 4.09. The van der Waals surface area contributed by atoms with Crippen LogP contribution in [0.2, 0.25) is 0 Å². The lowest BCUT2D eigenvalue weighted by Gasteiger charge is -2.13. The van der Waals surface area contributed by atoms with E-state index in [1.54, 1.807) is 18.3 Å². The third kappa shape index (κ3) is 4.27. The number of aryl methyl sites for hydroxylation is 1. The summed E-state index contributed by atoms with van der Waals surface area (Å²) in [5, 5.41) is 7.77. The Labute approximate surface area is 122 Å². The van der Waals surface area contributed by atoms with E-state index < -0.39 is 0 Å². The number of carbonyl (C=O) groups is 1. The Kier molecular flexibility index (Phi) is 5.57. The molecule has 0 bridgehead atoms. The minimum atomic E-state index is -0.206. The number of amides is 1. The van der Waals surface area contributed by atoms with E-state index in [9.17, 15) is 4.79 Å². The van der Waals surface area contributed by atoms with Crippen LogP contribution in [0.3, 0.4) is 0 Å². The Morgan fingerprint density at radius 1 is 1.30 bits per heavy atom. The first-order valence-corrected chi connectivity index (χ1v) is 6.73. The van der Waals surface area contributed by atoms with Crippen molar-refractivity contribution < 1.29 is 4.79 Å². The number of hydrogen-bond acceptors (Lipinski definition) is 6. The second-order valence-corrected chi connectivity index (χ2v) is 5.07. The molecule has 0 saturated carbocycles. The zero-order valence-electron chi connectivity index (χ0n) is 11.0. The molecule has 1 amide bonds. The number of anilines is 2. The van der Waals surface area contributed by atoms with E-state index in [4.69, 9.17) is 0 Å². The molecular formula is C13H19N5OS. The van der Waals surface area contributed by atoms with E-state index in [1.165, 1.54) is 11.8 Å². The first-order chi connectivity index (χ1) is 9.04. The van der Waals surface area contributed by atoms with Gasteiger partial charge in [0, 0.05) is 11.8 Å². The van der Waals surface area contributed by atoms with Gasteiger partial charge in [0.1, 0.15) is 5.82 Å². The summed E-state index contributed by atoms with van der Waals surface area (Å²) in [4.78, 5) is 24.6. The molecule has 2 heterocycles. The van der Waals surface area contributed by atoms with Crippen molar-refractivity contribution >= 4 is 29.1 Å². The smallest absolute Gasteiger partial charge is 0.234 e. The molecule has 2 aromatic rings. The summed E-state index contributed by atoms with van der Waals surface area (Å²) in [6, 6.07) is 4.15. The zero-order chi connectivity index (χ0) is 13.8. The molecule has 7 heteroatoms. The number of hydrogen-bond donors (Lipinski definition) is 2. The maximum Gasteiger partial charge on any atom is 0.234 e. The SMILES string of the molecule is C.CC(=O)Nc1nc(C)nc(NC(C)c2cccs2)n1. The fourth-order valence-corrected chi connectivity index (χ4v) is 2.30. The summed E-state index contributed by atoms with van der Waals surface area (Å²) in [6.45, 7) is 5.21. The van der Waals surface area contributed by atoms with Crippen molar-refractivity contribution in [3.05, 3.63) is 28.2 Å². The van der Waals surface area contributed by atoms with Gasteiger partial charge in [-0.3, -0.25) is 10.1 Å². The molecule has 0 fully saturated rings. The van der Waals surface area contributed by atoms with Gasteiger partial charge in [-0.25, -0.2) is 0 Å². The summed E-state index contributed by atoms with van der Waals surface area (Å²) in [5.41, 5.74) is 0. The molecule has 0 spiro atoms. The van der Waals surface area contributed by atoms with Crippen LogP contribution in [-0.4, -0.2) is 20.9 Å². The maximum absolute atomic E-state index is 11.0. The first kappa shape index (κ1) is 16.0. The average Bonchev–Trinajstić information content (AvgIpc) is 2.79. The van der Waals surface area contributed by atoms with E-state index >= 15 is 0 Å². The van der Waals surface area contributed by atoms with Gasteiger partial charge in [-0.2, -0.15) is 15.0 Å². The number of thiophene rings is 1. The van der Waals surface area contributed by atoms with Crippen molar-refractivity contribution in [3.8, 4) is 0 Å². The molecule has 0 aliphatic carbocycles. The lowest BCUT2D eigenvalue weighted by atomic mass is 10.3. The van der Waals surface area contributed by atoms with Gasteiger partial charge in [0.2, 0.25) is 17.8 Å². The monoisotopic (exact) mass is 293 g/mol. The Hall–Kier alpha value is -2.02. The van der Waals surface area contributed by atoms with Crippen LogP contribution in [0.4, 0.5) is 11.9 Å². The van der Waals surface area contributed by atoms with E-state index in [0.717, 1.165) is 0 Å². The predicted molar refractivity (Wildman–Crippen MR) is 82.0 cm³/mol. The number of rotatable bonds is 4. The third-order valence-corrected chi connectivity index (χ3v) is 3.41. The highest BCUT2D eigenvalue weighted by molar-refractivity contribution is 7.10. The largest absolute Gasteiger partial charge is 0.347 e. The number of nitrogens with one attached hydrogen (secondary N) is 2. The Morgan fingerprint density at radius 3 is 2.60 bits per heavy atom. The Morgan fingerprint density at radius 2 is 2.00 bits per heavy atom. The molecule has 0 aliphatic heterocycles. The number of aromatic nitrogens is 3. The van der Waals surface area contributed by atoms with E-state index in [0.29, 0.717) is 11.8 Å². The lowest BCUT2D eigenvalue weighted by molar-refractivity contribution is -0.114. The van der Waals surface area contributed by atoms with Gasteiger partial charge in [0.25, 0.3) is 0 Å². The summed E-state index contributed by atoms with van der Waals surface area (Å²) in [6.07, 6.45) is 0. The van der Waals surface area contributed by atoms with E-state index in [-0.39, 0.29) is 25.3 Å². The molecule has 108 valence electrons. The van der Waals surface area contributed by atoms with Crippen molar-refractivity contribution in [2.75, 3.05) is 10.6 Å². The topological polar surface area (TPSA) is 79.8 Å². The van der Waals surface area contributed by atoms with Gasteiger partial charge < -0.3 is 5.32 Å². The second kappa shape index (κ2) is 6.95. The molecule has 2 aromatic heterocycles. The van der Waals surface area contributed by atoms with Crippen LogP contribution in [0.5, 0.6) is 0 Å². The predicted octanol–water partition coefficient (Wildman–Crippen LogP) is 3.01. The van der Waals surface area contributed by atoms with Gasteiger partial charge in [0.05, 0.1) is 6.04 Å². The zero-order valence-corrected chi connectivity index (χ0v) is 11.8. The fourth-order valence-electron chi connectivity index (χ4n) is 1.56. The summed E-state index contributed by atoms with van der Waals surface area (Å²) in [7, 11) is 0. The standard InChI is InChI=1S/C12H15N5OS.CH4/c1-7(10-5-4-6-19-10)13-11-14-8(2)15-12(17-11)16-9(3)18;/h4-7H,1-3H3,(H2,13,14,15,16,17,18);1H4. The number of nitrogens with zero attached hydrogens (tertiary/aromatic N) is 3. The van der Waals surface area contributed by atoms with Crippen LogP contribution < -0.4 is 10.6 Å². The minimum absolute atomic E-state index is 0. The highest BCUT2D eigenvalue weighted by Crippen LogP contribution is 2.21. The van der Waals surface area contributed by atoms with E-state index in [1.807, 2.05) is 24.4 Å². The highest BCUT2D eigenvalue weighted by atomic mass is 32.1. The van der Waals surface area contributed by atoms with Crippen LogP contribution >= 0.6 is 11.3 Å². The molecule has 6 nitrogen and oxygen atoms in total. The van der Waals surface area contributed by atoms with Crippen LogP contribution in [0.1, 0.15) is 38.0 Å². The van der Waals surface area contributed by atoms with Crippen molar-refractivity contribution in [2.24, 2.45) is 0 Å². The quantitative estimate of drug-likeness (QED) is 0.905. The molecule has 1 unspecified atom stereocenters. The maximum atomic E-state index is 11.0. The molecular weight excluding hydrogens is 274 g/mol. The van der Waals surface area contributed by atoms with Crippen LogP contribution in [0, 0.1) is 6.92 Å². The number of carbonyl (C=O) groups excluding carboxylic acids is 1. The molecule has 0 saturated heterocycles. The average molecular weight is 293 g/mol. The van der Waals surface area contributed by atoms with Gasteiger partial charge in [0.15, 0.2) is 0 Å². The summed E-state index contributed by atoms with van der Waals surface area (Å²) < 4.78 is 0. The van der Waals surface area contributed by atoms with Crippen molar-refractivity contribution in [3.63, 3.8) is 0 Å². The minimum Gasteiger partial charge on any atom is -0.347 e. The highest BCUT2D eigenvalue weighted by Gasteiger charge is 2.10. The van der Waals surface area contributed by atoms with Gasteiger partial charge in [-0.15, -0.1) is 11.3 Å².